The smallest absolute Gasteiger partial charge is 0.133 e. The van der Waals surface area contributed by atoms with Crippen LogP contribution in [0.2, 0.25) is 0 Å². The van der Waals surface area contributed by atoms with E-state index in [-0.39, 0.29) is 0 Å². The van der Waals surface area contributed by atoms with Gasteiger partial charge in [-0.2, -0.15) is 0 Å². The average molecular weight is 164 g/mol. The Hall–Kier alpha value is -0.330. The van der Waals surface area contributed by atoms with Crippen molar-refractivity contribution in [2.24, 2.45) is 23.2 Å². The summed E-state index contributed by atoms with van der Waals surface area (Å²) in [6, 6.07) is 0. The molecule has 0 heterocycles. The molecule has 0 saturated heterocycles. The van der Waals surface area contributed by atoms with Crippen LogP contribution in [-0.2, 0) is 4.79 Å². The molecule has 0 N–H and O–H groups in total. The number of fused-ring (bicyclic) bond motifs is 5. The van der Waals surface area contributed by atoms with Crippen molar-refractivity contribution in [3.8, 4) is 0 Å². The van der Waals surface area contributed by atoms with Gasteiger partial charge >= 0.3 is 0 Å². The van der Waals surface area contributed by atoms with E-state index in [0.717, 1.165) is 30.6 Å². The summed E-state index contributed by atoms with van der Waals surface area (Å²) >= 11 is 0. The second kappa shape index (κ2) is 1.94. The lowest BCUT2D eigenvalue weighted by atomic mass is 9.73. The summed E-state index contributed by atoms with van der Waals surface area (Å²) in [6.45, 7) is 2.41. The van der Waals surface area contributed by atoms with E-state index in [9.17, 15) is 4.79 Å². The fraction of sp³-hybridized carbons (Fsp3) is 0.909. The van der Waals surface area contributed by atoms with Crippen molar-refractivity contribution in [1.82, 2.24) is 0 Å². The first-order chi connectivity index (χ1) is 5.69. The third-order valence-electron chi connectivity index (χ3n) is 4.74. The first kappa shape index (κ1) is 7.11. The van der Waals surface area contributed by atoms with Gasteiger partial charge in [0.15, 0.2) is 0 Å². The molecule has 66 valence electrons. The Morgan fingerprint density at radius 2 is 2.25 bits per heavy atom. The number of Topliss-reactive ketones (excluding diaryl/α,β-unsaturated/α-hetero) is 1. The van der Waals surface area contributed by atoms with E-state index in [0.29, 0.717) is 11.2 Å². The summed E-state index contributed by atoms with van der Waals surface area (Å²) in [7, 11) is 0. The van der Waals surface area contributed by atoms with Crippen LogP contribution in [-0.4, -0.2) is 5.78 Å². The molecule has 1 nitrogen and oxygen atoms in total. The lowest BCUT2D eigenvalue weighted by molar-refractivity contribution is -0.118. The van der Waals surface area contributed by atoms with Crippen LogP contribution in [0.5, 0.6) is 0 Å². The van der Waals surface area contributed by atoms with Crippen LogP contribution in [0.3, 0.4) is 0 Å². The standard InChI is InChI=1S/C11H16O/c1-11-3-2-7(6-11)9-4-8(12)5-10(9)11/h7,9-10H,2-6H2,1H3/t7?,9-,10-,11?/m0/s1. The van der Waals surface area contributed by atoms with Gasteiger partial charge in [-0.05, 0) is 42.4 Å². The number of carbonyl (C=O) groups is 1. The summed E-state index contributed by atoms with van der Waals surface area (Å²) in [5.74, 6) is 3.05. The van der Waals surface area contributed by atoms with Crippen molar-refractivity contribution in [2.75, 3.05) is 0 Å². The SMILES string of the molecule is CC12CCC(C1)[C@@H]1CC(=O)C[C@@H]12. The van der Waals surface area contributed by atoms with Gasteiger partial charge in [0.25, 0.3) is 0 Å². The molecule has 3 saturated carbocycles. The Morgan fingerprint density at radius 1 is 1.42 bits per heavy atom. The molecule has 0 aromatic heterocycles. The van der Waals surface area contributed by atoms with Gasteiger partial charge < -0.3 is 0 Å². The van der Waals surface area contributed by atoms with E-state index in [1.165, 1.54) is 19.3 Å². The molecule has 0 spiro atoms. The summed E-state index contributed by atoms with van der Waals surface area (Å²) < 4.78 is 0. The predicted molar refractivity (Wildman–Crippen MR) is 46.7 cm³/mol. The minimum atomic E-state index is 0.544. The van der Waals surface area contributed by atoms with E-state index in [2.05, 4.69) is 6.92 Å². The Balaban J connectivity index is 1.98. The lowest BCUT2D eigenvalue weighted by Crippen LogP contribution is -2.24. The third-order valence-corrected chi connectivity index (χ3v) is 4.74. The number of hydrogen-bond donors (Lipinski definition) is 0. The van der Waals surface area contributed by atoms with Crippen LogP contribution in [0.15, 0.2) is 0 Å². The van der Waals surface area contributed by atoms with Crippen LogP contribution < -0.4 is 0 Å². The molecule has 0 aliphatic heterocycles. The molecule has 3 rings (SSSR count). The number of ketones is 1. The highest BCUT2D eigenvalue weighted by Gasteiger charge is 2.57. The fourth-order valence-electron chi connectivity index (χ4n) is 4.16. The Morgan fingerprint density at radius 3 is 3.00 bits per heavy atom. The monoisotopic (exact) mass is 164 g/mol. The van der Waals surface area contributed by atoms with Crippen LogP contribution in [0.1, 0.15) is 39.0 Å². The zero-order valence-electron chi connectivity index (χ0n) is 7.68. The van der Waals surface area contributed by atoms with Gasteiger partial charge in [-0.1, -0.05) is 6.92 Å². The molecule has 3 aliphatic carbocycles. The van der Waals surface area contributed by atoms with E-state index < -0.39 is 0 Å². The zero-order valence-corrected chi connectivity index (χ0v) is 7.68. The van der Waals surface area contributed by atoms with Crippen LogP contribution in [0.4, 0.5) is 0 Å². The van der Waals surface area contributed by atoms with E-state index in [4.69, 9.17) is 0 Å². The minimum Gasteiger partial charge on any atom is -0.300 e. The van der Waals surface area contributed by atoms with E-state index >= 15 is 0 Å². The van der Waals surface area contributed by atoms with Crippen LogP contribution in [0.25, 0.3) is 0 Å². The lowest BCUT2D eigenvalue weighted by Gasteiger charge is -2.31. The maximum Gasteiger partial charge on any atom is 0.133 e. The number of rotatable bonds is 0. The highest BCUT2D eigenvalue weighted by Crippen LogP contribution is 2.64. The van der Waals surface area contributed by atoms with Crippen molar-refractivity contribution >= 4 is 5.78 Å². The first-order valence-corrected chi connectivity index (χ1v) is 5.21. The van der Waals surface area contributed by atoms with Crippen LogP contribution >= 0.6 is 0 Å². The molecule has 0 aromatic rings. The molecule has 0 aromatic carbocycles. The average Bonchev–Trinajstić information content (AvgIpc) is 2.57. The molecule has 1 heteroatoms. The molecule has 0 radical (unpaired) electrons. The zero-order chi connectivity index (χ0) is 8.34. The Bertz CT molecular complexity index is 245. The first-order valence-electron chi connectivity index (χ1n) is 5.21. The second-order valence-electron chi connectivity index (χ2n) is 5.37. The normalized spacial score (nSPS) is 56.4. The summed E-state index contributed by atoms with van der Waals surface area (Å²) in [5, 5.41) is 0. The maximum absolute atomic E-state index is 11.3. The van der Waals surface area contributed by atoms with Crippen LogP contribution in [0, 0.1) is 23.2 Å². The largest absolute Gasteiger partial charge is 0.300 e. The van der Waals surface area contributed by atoms with Gasteiger partial charge in [-0.25, -0.2) is 0 Å². The summed E-state index contributed by atoms with van der Waals surface area (Å²) in [5.41, 5.74) is 0.571. The Labute approximate surface area is 73.5 Å². The van der Waals surface area contributed by atoms with E-state index in [1.807, 2.05) is 0 Å². The summed E-state index contributed by atoms with van der Waals surface area (Å²) in [4.78, 5) is 11.3. The van der Waals surface area contributed by atoms with Crippen molar-refractivity contribution in [1.29, 1.82) is 0 Å². The summed E-state index contributed by atoms with van der Waals surface area (Å²) in [6.07, 6.45) is 6.06. The highest BCUT2D eigenvalue weighted by atomic mass is 16.1. The Kier molecular flexibility index (Phi) is 1.15. The molecular formula is C11H16O. The second-order valence-corrected chi connectivity index (χ2v) is 5.37. The van der Waals surface area contributed by atoms with Crippen molar-refractivity contribution < 1.29 is 4.79 Å². The molecule has 3 fully saturated rings. The van der Waals surface area contributed by atoms with Crippen molar-refractivity contribution in [3.05, 3.63) is 0 Å². The van der Waals surface area contributed by atoms with Gasteiger partial charge in [-0.3, -0.25) is 4.79 Å². The molecular weight excluding hydrogens is 148 g/mol. The molecule has 2 bridgehead atoms. The quantitative estimate of drug-likeness (QED) is 0.537. The minimum absolute atomic E-state index is 0.544. The van der Waals surface area contributed by atoms with Crippen molar-refractivity contribution in [2.45, 2.75) is 39.0 Å². The molecule has 0 amide bonds. The van der Waals surface area contributed by atoms with Gasteiger partial charge in [-0.15, -0.1) is 0 Å². The van der Waals surface area contributed by atoms with Gasteiger partial charge in [0, 0.05) is 12.8 Å². The third kappa shape index (κ3) is 0.681. The molecule has 4 atom stereocenters. The maximum atomic E-state index is 11.3. The van der Waals surface area contributed by atoms with Gasteiger partial charge in [0.2, 0.25) is 0 Å². The van der Waals surface area contributed by atoms with E-state index in [1.54, 1.807) is 0 Å². The predicted octanol–water partition coefficient (Wildman–Crippen LogP) is 2.40. The highest BCUT2D eigenvalue weighted by molar-refractivity contribution is 5.81. The molecule has 3 aliphatic rings. The fourth-order valence-corrected chi connectivity index (χ4v) is 4.16. The van der Waals surface area contributed by atoms with Crippen molar-refractivity contribution in [3.63, 3.8) is 0 Å². The number of hydrogen-bond acceptors (Lipinski definition) is 1. The van der Waals surface area contributed by atoms with Gasteiger partial charge in [0.1, 0.15) is 5.78 Å². The number of carbonyl (C=O) groups excluding carboxylic acids is 1. The van der Waals surface area contributed by atoms with Gasteiger partial charge in [0.05, 0.1) is 0 Å². The molecule has 2 unspecified atom stereocenters. The molecule has 12 heavy (non-hydrogen) atoms. The topological polar surface area (TPSA) is 17.1 Å².